The minimum absolute atomic E-state index is 0.313. The van der Waals surface area contributed by atoms with E-state index in [1.165, 1.54) is 0 Å². The van der Waals surface area contributed by atoms with Crippen LogP contribution in [-0.4, -0.2) is 12.6 Å². The van der Waals surface area contributed by atoms with E-state index in [0.717, 1.165) is 0 Å². The van der Waals surface area contributed by atoms with Crippen molar-refractivity contribution in [2.75, 3.05) is 6.61 Å². The Morgan fingerprint density at radius 3 is 2.91 bits per heavy atom. The van der Waals surface area contributed by atoms with Gasteiger partial charge in [-0.1, -0.05) is 25.0 Å². The lowest BCUT2D eigenvalue weighted by molar-refractivity contribution is -0.135. The van der Waals surface area contributed by atoms with E-state index >= 15 is 0 Å². The molecule has 0 unspecified atom stereocenters. The number of ether oxygens (including phenoxy) is 1. The van der Waals surface area contributed by atoms with Crippen molar-refractivity contribution in [3.05, 3.63) is 12.2 Å². The number of allylic oxidation sites excluding steroid dienone is 1. The van der Waals surface area contributed by atoms with Gasteiger partial charge in [0.2, 0.25) is 0 Å². The molecule has 0 saturated heterocycles. The molecule has 0 spiro atoms. The van der Waals surface area contributed by atoms with Gasteiger partial charge in [-0.3, -0.25) is 0 Å². The van der Waals surface area contributed by atoms with Gasteiger partial charge in [0.25, 0.3) is 0 Å². The van der Waals surface area contributed by atoms with Gasteiger partial charge in [-0.05, 0) is 6.92 Å². The molecule has 0 aliphatic rings. The molecule has 0 bridgehead atoms. The van der Waals surface area contributed by atoms with E-state index in [4.69, 9.17) is 0 Å². The van der Waals surface area contributed by atoms with Gasteiger partial charge < -0.3 is 4.74 Å². The van der Waals surface area contributed by atoms with Gasteiger partial charge in [0.15, 0.2) is 0 Å². The maximum Gasteiger partial charge on any atom is 0.384 e. The third-order valence-corrected chi connectivity index (χ3v) is 0.914. The largest absolute Gasteiger partial charge is 0.452 e. The van der Waals surface area contributed by atoms with Crippen molar-refractivity contribution in [2.45, 2.75) is 20.3 Å². The molecule has 11 heavy (non-hydrogen) atoms. The van der Waals surface area contributed by atoms with Crippen molar-refractivity contribution in [2.24, 2.45) is 0 Å². The zero-order valence-corrected chi connectivity index (χ0v) is 6.89. The molecular weight excluding hydrogens is 140 g/mol. The molecule has 2 heteroatoms. The fraction of sp³-hybridized carbons (Fsp3) is 0.444. The molecule has 0 aromatic carbocycles. The summed E-state index contributed by atoms with van der Waals surface area (Å²) >= 11 is 0. The Kier molecular flexibility index (Phi) is 6.11. The molecule has 0 saturated carbocycles. The Balaban J connectivity index is 3.53. The highest BCUT2D eigenvalue weighted by Gasteiger charge is 1.91. The van der Waals surface area contributed by atoms with E-state index in [2.05, 4.69) is 16.6 Å². The summed E-state index contributed by atoms with van der Waals surface area (Å²) in [6, 6.07) is 0. The minimum atomic E-state index is -0.454. The van der Waals surface area contributed by atoms with Gasteiger partial charge in [-0.2, -0.15) is 0 Å². The SMILES string of the molecule is C/C=C/COC(=O)C#CCC. The summed E-state index contributed by atoms with van der Waals surface area (Å²) in [5.41, 5.74) is 0. The first-order valence-corrected chi connectivity index (χ1v) is 3.58. The van der Waals surface area contributed by atoms with Gasteiger partial charge in [0, 0.05) is 12.3 Å². The summed E-state index contributed by atoms with van der Waals surface area (Å²) in [7, 11) is 0. The number of rotatable bonds is 2. The smallest absolute Gasteiger partial charge is 0.384 e. The standard InChI is InChI=1S/C9H12O2/c1-3-5-7-9(10)11-8-6-4-2/h4,6H,3,8H2,1-2H3/b6-4+. The summed E-state index contributed by atoms with van der Waals surface area (Å²) in [6.07, 6.45) is 4.25. The average Bonchev–Trinajstić information content (AvgIpc) is 2.01. The first-order valence-electron chi connectivity index (χ1n) is 3.58. The fourth-order valence-corrected chi connectivity index (χ4v) is 0.417. The Morgan fingerprint density at radius 1 is 1.64 bits per heavy atom. The highest BCUT2D eigenvalue weighted by Crippen LogP contribution is 1.79. The normalized spacial score (nSPS) is 8.91. The van der Waals surface area contributed by atoms with Crippen molar-refractivity contribution < 1.29 is 9.53 Å². The van der Waals surface area contributed by atoms with Crippen LogP contribution in [0.3, 0.4) is 0 Å². The molecule has 2 nitrogen and oxygen atoms in total. The van der Waals surface area contributed by atoms with Crippen LogP contribution in [-0.2, 0) is 9.53 Å². The molecule has 0 fully saturated rings. The number of carbonyl (C=O) groups excluding carboxylic acids is 1. The minimum Gasteiger partial charge on any atom is -0.452 e. The lowest BCUT2D eigenvalue weighted by Crippen LogP contribution is -2.00. The van der Waals surface area contributed by atoms with Crippen LogP contribution in [0, 0.1) is 11.8 Å². The van der Waals surface area contributed by atoms with Crippen molar-refractivity contribution in [3.63, 3.8) is 0 Å². The topological polar surface area (TPSA) is 26.3 Å². The number of carbonyl (C=O) groups is 1. The number of esters is 1. The van der Waals surface area contributed by atoms with Crippen molar-refractivity contribution in [1.82, 2.24) is 0 Å². The maximum atomic E-state index is 10.6. The molecule has 0 amide bonds. The second-order valence-electron chi connectivity index (χ2n) is 1.82. The molecule has 0 aliphatic carbocycles. The summed E-state index contributed by atoms with van der Waals surface area (Å²) < 4.78 is 4.69. The predicted molar refractivity (Wildman–Crippen MR) is 43.8 cm³/mol. The van der Waals surface area contributed by atoms with Gasteiger partial charge in [0.05, 0.1) is 0 Å². The van der Waals surface area contributed by atoms with E-state index in [1.807, 2.05) is 19.9 Å². The van der Waals surface area contributed by atoms with Crippen LogP contribution in [0.4, 0.5) is 0 Å². The van der Waals surface area contributed by atoms with Crippen LogP contribution in [0.1, 0.15) is 20.3 Å². The maximum absolute atomic E-state index is 10.6. The van der Waals surface area contributed by atoms with E-state index in [1.54, 1.807) is 6.08 Å². The molecule has 0 aliphatic heterocycles. The van der Waals surface area contributed by atoms with E-state index in [0.29, 0.717) is 13.0 Å². The second kappa shape index (κ2) is 6.88. The van der Waals surface area contributed by atoms with Crippen LogP contribution in [0.25, 0.3) is 0 Å². The van der Waals surface area contributed by atoms with Crippen molar-refractivity contribution in [3.8, 4) is 11.8 Å². The Morgan fingerprint density at radius 2 is 2.36 bits per heavy atom. The van der Waals surface area contributed by atoms with Gasteiger partial charge in [-0.25, -0.2) is 4.79 Å². The summed E-state index contributed by atoms with van der Waals surface area (Å²) in [5.74, 6) is 4.52. The fourth-order valence-electron chi connectivity index (χ4n) is 0.417. The van der Waals surface area contributed by atoms with Crippen LogP contribution < -0.4 is 0 Å². The molecule has 0 aromatic rings. The van der Waals surface area contributed by atoms with Crippen molar-refractivity contribution >= 4 is 5.97 Å². The van der Waals surface area contributed by atoms with Crippen molar-refractivity contribution in [1.29, 1.82) is 0 Å². The summed E-state index contributed by atoms with van der Waals surface area (Å²) in [6.45, 7) is 4.06. The lowest BCUT2D eigenvalue weighted by Gasteiger charge is -1.91. The Hall–Kier alpha value is -1.23. The highest BCUT2D eigenvalue weighted by molar-refractivity contribution is 5.88. The number of hydrogen-bond acceptors (Lipinski definition) is 2. The lowest BCUT2D eigenvalue weighted by atomic mass is 10.5. The predicted octanol–water partition coefficient (Wildman–Crippen LogP) is 1.52. The molecule has 60 valence electrons. The van der Waals surface area contributed by atoms with Gasteiger partial charge in [-0.15, -0.1) is 0 Å². The van der Waals surface area contributed by atoms with E-state index < -0.39 is 5.97 Å². The zero-order valence-electron chi connectivity index (χ0n) is 6.89. The zero-order chi connectivity index (χ0) is 8.53. The quantitative estimate of drug-likeness (QED) is 0.259. The van der Waals surface area contributed by atoms with Crippen LogP contribution in [0.5, 0.6) is 0 Å². The van der Waals surface area contributed by atoms with E-state index in [-0.39, 0.29) is 0 Å². The Bertz CT molecular complexity index is 193. The summed E-state index contributed by atoms with van der Waals surface area (Å²) in [4.78, 5) is 10.6. The first-order chi connectivity index (χ1) is 5.31. The number of hydrogen-bond donors (Lipinski definition) is 0. The molecule has 0 N–H and O–H groups in total. The molecule has 0 rings (SSSR count). The van der Waals surface area contributed by atoms with Crippen LogP contribution >= 0.6 is 0 Å². The van der Waals surface area contributed by atoms with Crippen LogP contribution in [0.2, 0.25) is 0 Å². The van der Waals surface area contributed by atoms with Crippen LogP contribution in [0.15, 0.2) is 12.2 Å². The Labute approximate surface area is 67.2 Å². The van der Waals surface area contributed by atoms with Gasteiger partial charge >= 0.3 is 5.97 Å². The first kappa shape index (κ1) is 9.77. The summed E-state index contributed by atoms with van der Waals surface area (Å²) in [5, 5.41) is 0. The molecule has 0 aromatic heterocycles. The monoisotopic (exact) mass is 152 g/mol. The molecule has 0 radical (unpaired) electrons. The second-order valence-corrected chi connectivity index (χ2v) is 1.82. The third-order valence-electron chi connectivity index (χ3n) is 0.914. The molecule has 0 atom stereocenters. The van der Waals surface area contributed by atoms with Gasteiger partial charge in [0.1, 0.15) is 6.61 Å². The third kappa shape index (κ3) is 6.66. The molecular formula is C9H12O2. The average molecular weight is 152 g/mol. The highest BCUT2D eigenvalue weighted by atomic mass is 16.5. The van der Waals surface area contributed by atoms with E-state index in [9.17, 15) is 4.79 Å². The molecule has 0 heterocycles.